The van der Waals surface area contributed by atoms with E-state index in [-0.39, 0.29) is 4.08 Å². The number of hydrogen-bond donors (Lipinski definition) is 0. The number of benzene rings is 3. The zero-order valence-electron chi connectivity index (χ0n) is 13.3. The molecule has 2 heteroatoms. The predicted molar refractivity (Wildman–Crippen MR) is 108 cm³/mol. The van der Waals surface area contributed by atoms with Crippen LogP contribution in [0.2, 0.25) is 0 Å². The highest BCUT2D eigenvalue weighted by atomic mass is 32.2. The van der Waals surface area contributed by atoms with Crippen LogP contribution < -0.4 is 0 Å². The summed E-state index contributed by atoms with van der Waals surface area (Å²) in [5.74, 6) is 1.02. The molecule has 3 aromatic carbocycles. The maximum absolute atomic E-state index is 2.43. The molecule has 1 heterocycles. The summed E-state index contributed by atoms with van der Waals surface area (Å²) in [5, 5.41) is 0. The molecule has 0 aromatic heterocycles. The molecule has 0 nitrogen and oxygen atoms in total. The van der Waals surface area contributed by atoms with Crippen LogP contribution >= 0.6 is 23.5 Å². The lowest BCUT2D eigenvalue weighted by atomic mass is 10.1. The summed E-state index contributed by atoms with van der Waals surface area (Å²) >= 11 is 3.97. The van der Waals surface area contributed by atoms with Gasteiger partial charge in [-0.2, -0.15) is 0 Å². The summed E-state index contributed by atoms with van der Waals surface area (Å²) in [6, 6.07) is 32.2. The highest BCUT2D eigenvalue weighted by molar-refractivity contribution is 8.23. The smallest absolute Gasteiger partial charge is 0.111 e. The van der Waals surface area contributed by atoms with E-state index < -0.39 is 0 Å². The van der Waals surface area contributed by atoms with Gasteiger partial charge in [0.25, 0.3) is 0 Å². The van der Waals surface area contributed by atoms with Crippen LogP contribution in [0.1, 0.15) is 16.7 Å². The van der Waals surface area contributed by atoms with Crippen molar-refractivity contribution in [1.82, 2.24) is 0 Å². The highest BCUT2D eigenvalue weighted by Gasteiger charge is 2.40. The van der Waals surface area contributed by atoms with E-state index in [1.165, 1.54) is 21.6 Å². The van der Waals surface area contributed by atoms with Crippen molar-refractivity contribution in [1.29, 1.82) is 0 Å². The van der Waals surface area contributed by atoms with E-state index in [0.29, 0.717) is 0 Å². The number of hydrogen-bond acceptors (Lipinski definition) is 2. The first kappa shape index (κ1) is 15.6. The van der Waals surface area contributed by atoms with E-state index in [0.717, 1.165) is 5.75 Å². The molecule has 4 rings (SSSR count). The third-order valence-corrected chi connectivity index (χ3v) is 7.21. The standard InChI is InChI=1S/C22H18S2/c1-4-10-18(11-5-1)17-23-22(20-14-8-3-9-15-20)16-21(24-22)19-12-6-2-7-13-19/h1-16H,17H2. The minimum Gasteiger partial charge on any atom is -0.130 e. The zero-order valence-corrected chi connectivity index (χ0v) is 14.9. The Labute approximate surface area is 152 Å². The van der Waals surface area contributed by atoms with E-state index in [9.17, 15) is 0 Å². The molecular formula is C22H18S2. The average Bonchev–Trinajstić information content (AvgIpc) is 2.63. The van der Waals surface area contributed by atoms with E-state index >= 15 is 0 Å². The molecule has 0 fully saturated rings. The molecule has 0 spiro atoms. The Morgan fingerprint density at radius 3 is 1.88 bits per heavy atom. The normalized spacial score (nSPS) is 19.4. The molecule has 0 radical (unpaired) electrons. The monoisotopic (exact) mass is 346 g/mol. The maximum Gasteiger partial charge on any atom is 0.111 e. The van der Waals surface area contributed by atoms with Crippen LogP contribution in [0.4, 0.5) is 0 Å². The lowest BCUT2D eigenvalue weighted by molar-refractivity contribution is 1.12. The Balaban J connectivity index is 1.62. The molecule has 0 bridgehead atoms. The molecule has 1 aliphatic rings. The Morgan fingerprint density at radius 1 is 0.708 bits per heavy atom. The average molecular weight is 347 g/mol. The van der Waals surface area contributed by atoms with Gasteiger partial charge >= 0.3 is 0 Å². The molecule has 1 unspecified atom stereocenters. The van der Waals surface area contributed by atoms with Gasteiger partial charge in [-0.1, -0.05) is 103 Å². The van der Waals surface area contributed by atoms with Gasteiger partial charge < -0.3 is 0 Å². The van der Waals surface area contributed by atoms with Crippen LogP contribution in [0.25, 0.3) is 4.91 Å². The zero-order chi connectivity index (χ0) is 16.2. The van der Waals surface area contributed by atoms with Crippen LogP contribution in [0, 0.1) is 0 Å². The molecule has 118 valence electrons. The Hall–Kier alpha value is -1.90. The van der Waals surface area contributed by atoms with Crippen LogP contribution in [0.15, 0.2) is 97.1 Å². The van der Waals surface area contributed by atoms with Gasteiger partial charge in [0.05, 0.1) is 0 Å². The molecule has 0 amide bonds. The van der Waals surface area contributed by atoms with Crippen molar-refractivity contribution in [3.63, 3.8) is 0 Å². The van der Waals surface area contributed by atoms with Crippen molar-refractivity contribution < 1.29 is 0 Å². The summed E-state index contributed by atoms with van der Waals surface area (Å²) in [4.78, 5) is 1.38. The second kappa shape index (κ2) is 6.92. The second-order valence-electron chi connectivity index (χ2n) is 5.78. The minimum absolute atomic E-state index is 0.0161. The van der Waals surface area contributed by atoms with Crippen LogP contribution in [0.5, 0.6) is 0 Å². The quantitative estimate of drug-likeness (QED) is 0.513. The lowest BCUT2D eigenvalue weighted by Gasteiger charge is -2.39. The van der Waals surface area contributed by atoms with Crippen molar-refractivity contribution in [2.75, 3.05) is 0 Å². The second-order valence-corrected chi connectivity index (χ2v) is 8.55. The van der Waals surface area contributed by atoms with Gasteiger partial charge in [0.15, 0.2) is 0 Å². The summed E-state index contributed by atoms with van der Waals surface area (Å²) in [5.41, 5.74) is 4.06. The molecule has 0 aliphatic carbocycles. The molecule has 0 N–H and O–H groups in total. The number of thioether (sulfide) groups is 2. The summed E-state index contributed by atoms with van der Waals surface area (Å²) in [6.45, 7) is 0. The van der Waals surface area contributed by atoms with Gasteiger partial charge in [0.2, 0.25) is 0 Å². The first-order chi connectivity index (χ1) is 11.9. The van der Waals surface area contributed by atoms with Gasteiger partial charge in [-0.3, -0.25) is 0 Å². The van der Waals surface area contributed by atoms with Gasteiger partial charge in [-0.05, 0) is 22.8 Å². The number of rotatable bonds is 5. The van der Waals surface area contributed by atoms with Crippen molar-refractivity contribution in [2.24, 2.45) is 0 Å². The van der Waals surface area contributed by atoms with Crippen LogP contribution in [-0.4, -0.2) is 0 Å². The fraction of sp³-hybridized carbons (Fsp3) is 0.0909. The fourth-order valence-electron chi connectivity index (χ4n) is 2.81. The lowest BCUT2D eigenvalue weighted by Crippen LogP contribution is -2.22. The maximum atomic E-state index is 2.43. The van der Waals surface area contributed by atoms with Gasteiger partial charge in [0.1, 0.15) is 4.08 Å². The molecule has 1 aliphatic heterocycles. The first-order valence-corrected chi connectivity index (χ1v) is 9.87. The third kappa shape index (κ3) is 3.17. The predicted octanol–water partition coefficient (Wildman–Crippen LogP) is 6.56. The highest BCUT2D eigenvalue weighted by Crippen LogP contribution is 2.62. The first-order valence-electron chi connectivity index (χ1n) is 8.06. The van der Waals surface area contributed by atoms with Gasteiger partial charge in [-0.15, -0.1) is 11.8 Å². The van der Waals surface area contributed by atoms with Crippen molar-refractivity contribution >= 4 is 28.4 Å². The summed E-state index contributed by atoms with van der Waals surface area (Å²) < 4.78 is 0.0161. The fourth-order valence-corrected chi connectivity index (χ4v) is 5.71. The van der Waals surface area contributed by atoms with Crippen molar-refractivity contribution in [2.45, 2.75) is 9.83 Å². The molecule has 0 saturated carbocycles. The van der Waals surface area contributed by atoms with Crippen LogP contribution in [0.3, 0.4) is 0 Å². The molecule has 0 saturated heterocycles. The SMILES string of the molecule is C1=C(c2ccccc2)SC1(SCc1ccccc1)c1ccccc1. The van der Waals surface area contributed by atoms with E-state index in [2.05, 4.69) is 97.1 Å². The topological polar surface area (TPSA) is 0 Å². The molecule has 3 aromatic rings. The Morgan fingerprint density at radius 2 is 1.25 bits per heavy atom. The Bertz CT molecular complexity index is 826. The molecule has 24 heavy (non-hydrogen) atoms. The minimum atomic E-state index is 0.0161. The van der Waals surface area contributed by atoms with Gasteiger partial charge in [0, 0.05) is 10.7 Å². The van der Waals surface area contributed by atoms with Crippen molar-refractivity contribution in [3.8, 4) is 0 Å². The summed E-state index contributed by atoms with van der Waals surface area (Å²) in [6.07, 6.45) is 2.43. The van der Waals surface area contributed by atoms with E-state index in [4.69, 9.17) is 0 Å². The molecule has 1 atom stereocenters. The molecular weight excluding hydrogens is 328 g/mol. The van der Waals surface area contributed by atoms with Crippen molar-refractivity contribution in [3.05, 3.63) is 114 Å². The van der Waals surface area contributed by atoms with Crippen LogP contribution in [-0.2, 0) is 9.83 Å². The van der Waals surface area contributed by atoms with E-state index in [1.807, 2.05) is 23.5 Å². The van der Waals surface area contributed by atoms with E-state index in [1.54, 1.807) is 0 Å². The van der Waals surface area contributed by atoms with Gasteiger partial charge in [-0.25, -0.2) is 0 Å². The summed E-state index contributed by atoms with van der Waals surface area (Å²) in [7, 11) is 0. The third-order valence-electron chi connectivity index (χ3n) is 4.11. The largest absolute Gasteiger partial charge is 0.130 e. The Kier molecular flexibility index (Phi) is 4.50.